The number of ether oxygens (including phenoxy) is 2. The predicted molar refractivity (Wildman–Crippen MR) is 110 cm³/mol. The highest BCUT2D eigenvalue weighted by molar-refractivity contribution is 7.99. The Morgan fingerprint density at radius 2 is 2.04 bits per heavy atom. The Bertz CT molecular complexity index is 977. The number of imidazole rings is 1. The van der Waals surface area contributed by atoms with Gasteiger partial charge in [0.2, 0.25) is 0 Å². The Balaban J connectivity index is 1.35. The van der Waals surface area contributed by atoms with Gasteiger partial charge >= 0.3 is 0 Å². The zero-order valence-electron chi connectivity index (χ0n) is 15.8. The number of nitrogens with zero attached hydrogens (tertiary/aromatic N) is 2. The summed E-state index contributed by atoms with van der Waals surface area (Å²) in [5.41, 5.74) is 3.76. The molecule has 6 nitrogen and oxygen atoms in total. The summed E-state index contributed by atoms with van der Waals surface area (Å²) in [4.78, 5) is 16.9. The number of methoxy groups -OCH3 is 1. The molecule has 1 amide bonds. The molecule has 0 radical (unpaired) electrons. The molecule has 0 saturated heterocycles. The number of rotatable bonds is 6. The number of fused-ring (bicyclic) bond motifs is 1. The molecule has 2 aromatic carbocycles. The van der Waals surface area contributed by atoms with Gasteiger partial charge in [0.1, 0.15) is 0 Å². The van der Waals surface area contributed by atoms with Crippen LogP contribution in [0.15, 0.2) is 53.8 Å². The highest BCUT2D eigenvalue weighted by Crippen LogP contribution is 2.30. The summed E-state index contributed by atoms with van der Waals surface area (Å²) in [6.45, 7) is 2.89. The molecule has 0 saturated carbocycles. The molecule has 4 rings (SSSR count). The van der Waals surface area contributed by atoms with Crippen LogP contribution in [0.3, 0.4) is 0 Å². The number of thioether (sulfide) groups is 1. The topological polar surface area (TPSA) is 65.4 Å². The molecule has 1 aromatic heterocycles. The first-order chi connectivity index (χ1) is 13.6. The van der Waals surface area contributed by atoms with E-state index in [0.717, 1.165) is 34.3 Å². The summed E-state index contributed by atoms with van der Waals surface area (Å²) in [5.74, 6) is 2.02. The van der Waals surface area contributed by atoms with Crippen molar-refractivity contribution in [1.82, 2.24) is 9.55 Å². The van der Waals surface area contributed by atoms with E-state index < -0.39 is 0 Å². The highest BCUT2D eigenvalue weighted by atomic mass is 32.2. The number of amides is 1. The molecule has 1 N–H and O–H groups in total. The maximum Gasteiger partial charge on any atom is 0.262 e. The molecule has 0 fully saturated rings. The fraction of sp³-hybridized carbons (Fsp3) is 0.238. The van der Waals surface area contributed by atoms with Gasteiger partial charge in [-0.3, -0.25) is 4.79 Å². The van der Waals surface area contributed by atoms with Crippen molar-refractivity contribution in [3.63, 3.8) is 0 Å². The number of nitrogens with one attached hydrogen (secondary N) is 1. The number of hydrogen-bond donors (Lipinski definition) is 1. The Hall–Kier alpha value is -2.93. The van der Waals surface area contributed by atoms with Crippen molar-refractivity contribution in [2.24, 2.45) is 0 Å². The molecule has 1 aliphatic heterocycles. The molecular formula is C21H21N3O3S. The summed E-state index contributed by atoms with van der Waals surface area (Å²) >= 11 is 1.77. The number of hydrogen-bond acceptors (Lipinski definition) is 5. The summed E-state index contributed by atoms with van der Waals surface area (Å²) < 4.78 is 13.1. The van der Waals surface area contributed by atoms with Crippen LogP contribution in [0.4, 0.5) is 5.69 Å². The minimum absolute atomic E-state index is 0.0911. The van der Waals surface area contributed by atoms with Crippen molar-refractivity contribution >= 4 is 23.4 Å². The number of carbonyl (C=O) groups is 1. The molecule has 2 heterocycles. The van der Waals surface area contributed by atoms with Gasteiger partial charge in [-0.05, 0) is 36.8 Å². The second-order valence-electron chi connectivity index (χ2n) is 6.52. The lowest BCUT2D eigenvalue weighted by atomic mass is 10.1. The lowest BCUT2D eigenvalue weighted by Gasteiger charge is -2.11. The van der Waals surface area contributed by atoms with E-state index in [1.807, 2.05) is 43.3 Å². The Morgan fingerprint density at radius 1 is 1.21 bits per heavy atom. The van der Waals surface area contributed by atoms with Crippen molar-refractivity contribution in [1.29, 1.82) is 0 Å². The quantitative estimate of drug-likeness (QED) is 0.684. The van der Waals surface area contributed by atoms with E-state index >= 15 is 0 Å². The first-order valence-corrected chi connectivity index (χ1v) is 9.98. The van der Waals surface area contributed by atoms with Crippen LogP contribution >= 0.6 is 11.8 Å². The molecule has 0 aliphatic carbocycles. The summed E-state index contributed by atoms with van der Waals surface area (Å²) in [7, 11) is 1.58. The Kier molecular flexibility index (Phi) is 5.25. The van der Waals surface area contributed by atoms with Crippen LogP contribution in [0.5, 0.6) is 11.5 Å². The van der Waals surface area contributed by atoms with Crippen molar-refractivity contribution in [2.45, 2.75) is 18.6 Å². The zero-order valence-corrected chi connectivity index (χ0v) is 16.6. The van der Waals surface area contributed by atoms with E-state index in [4.69, 9.17) is 9.47 Å². The average Bonchev–Trinajstić information content (AvgIpc) is 3.30. The van der Waals surface area contributed by atoms with Gasteiger partial charge in [-0.1, -0.05) is 30.0 Å². The number of carbonyl (C=O) groups excluding carboxylic acids is 1. The van der Waals surface area contributed by atoms with Gasteiger partial charge in [0.15, 0.2) is 23.3 Å². The molecule has 144 valence electrons. The molecule has 3 aromatic rings. The second kappa shape index (κ2) is 7.98. The van der Waals surface area contributed by atoms with Crippen molar-refractivity contribution in [3.8, 4) is 22.8 Å². The first-order valence-electron chi connectivity index (χ1n) is 9.00. The number of benzene rings is 2. The zero-order chi connectivity index (χ0) is 19.5. The van der Waals surface area contributed by atoms with Crippen LogP contribution in [0.25, 0.3) is 11.3 Å². The lowest BCUT2D eigenvalue weighted by molar-refractivity contribution is -0.118. The van der Waals surface area contributed by atoms with Crippen LogP contribution in [0.2, 0.25) is 0 Å². The fourth-order valence-electron chi connectivity index (χ4n) is 3.01. The van der Waals surface area contributed by atoms with E-state index in [2.05, 4.69) is 21.1 Å². The summed E-state index contributed by atoms with van der Waals surface area (Å²) in [5, 5.41) is 3.91. The van der Waals surface area contributed by atoms with E-state index in [1.165, 1.54) is 0 Å². The third-order valence-corrected chi connectivity index (χ3v) is 5.42. The molecule has 28 heavy (non-hydrogen) atoms. The largest absolute Gasteiger partial charge is 0.493 e. The van der Waals surface area contributed by atoms with Gasteiger partial charge in [0.05, 0.1) is 12.8 Å². The fourth-order valence-corrected chi connectivity index (χ4v) is 3.95. The molecule has 0 atom stereocenters. The molecular weight excluding hydrogens is 374 g/mol. The predicted octanol–water partition coefficient (Wildman–Crippen LogP) is 3.99. The van der Waals surface area contributed by atoms with Crippen LogP contribution in [0.1, 0.15) is 5.56 Å². The Morgan fingerprint density at radius 3 is 2.79 bits per heavy atom. The smallest absolute Gasteiger partial charge is 0.262 e. The maximum atomic E-state index is 12.2. The third kappa shape index (κ3) is 3.99. The Labute approximate surface area is 167 Å². The second-order valence-corrected chi connectivity index (χ2v) is 7.58. The van der Waals surface area contributed by atoms with E-state index in [0.29, 0.717) is 17.2 Å². The molecule has 0 bridgehead atoms. The van der Waals surface area contributed by atoms with E-state index in [9.17, 15) is 4.79 Å². The first kappa shape index (κ1) is 18.4. The van der Waals surface area contributed by atoms with E-state index in [-0.39, 0.29) is 12.5 Å². The maximum absolute atomic E-state index is 12.2. The van der Waals surface area contributed by atoms with Crippen molar-refractivity contribution in [3.05, 3.63) is 54.2 Å². The average molecular weight is 395 g/mol. The lowest BCUT2D eigenvalue weighted by Crippen LogP contribution is -2.20. The van der Waals surface area contributed by atoms with Gasteiger partial charge < -0.3 is 19.4 Å². The van der Waals surface area contributed by atoms with Gasteiger partial charge in [-0.15, -0.1) is 0 Å². The molecule has 0 spiro atoms. The van der Waals surface area contributed by atoms with Crippen LogP contribution in [0, 0.1) is 6.92 Å². The number of aromatic nitrogens is 2. The van der Waals surface area contributed by atoms with Gasteiger partial charge in [0.25, 0.3) is 5.91 Å². The standard InChI is InChI=1S/C21H21N3O3S/c1-14-3-8-18(19(11-14)26-2)27-13-20(25)22-16-6-4-15(5-7-16)17-12-24-9-10-28-21(24)23-17/h3-8,11-12H,9-10,13H2,1-2H3,(H,22,25). The third-order valence-electron chi connectivity index (χ3n) is 4.45. The molecule has 7 heteroatoms. The van der Waals surface area contributed by atoms with E-state index in [1.54, 1.807) is 24.9 Å². The SMILES string of the molecule is COc1cc(C)ccc1OCC(=O)Nc1ccc(-c2cn3c(n2)SCC3)cc1. The minimum atomic E-state index is -0.229. The normalized spacial score (nSPS) is 12.5. The van der Waals surface area contributed by atoms with Crippen molar-refractivity contribution < 1.29 is 14.3 Å². The summed E-state index contributed by atoms with van der Waals surface area (Å²) in [6.07, 6.45) is 2.08. The van der Waals surface area contributed by atoms with Crippen LogP contribution in [-0.4, -0.2) is 34.9 Å². The van der Waals surface area contributed by atoms with Crippen LogP contribution in [-0.2, 0) is 11.3 Å². The van der Waals surface area contributed by atoms with Gasteiger partial charge in [-0.25, -0.2) is 4.98 Å². The van der Waals surface area contributed by atoms with Gasteiger partial charge in [0, 0.05) is 29.7 Å². The highest BCUT2D eigenvalue weighted by Gasteiger charge is 2.15. The van der Waals surface area contributed by atoms with Crippen LogP contribution < -0.4 is 14.8 Å². The monoisotopic (exact) mass is 395 g/mol. The van der Waals surface area contributed by atoms with Crippen molar-refractivity contribution in [2.75, 3.05) is 24.8 Å². The molecule has 1 aliphatic rings. The molecule has 0 unspecified atom stereocenters. The summed E-state index contributed by atoms with van der Waals surface area (Å²) in [6, 6.07) is 13.3. The number of aryl methyl sites for hydroxylation is 2. The van der Waals surface area contributed by atoms with Gasteiger partial charge in [-0.2, -0.15) is 0 Å². The minimum Gasteiger partial charge on any atom is -0.493 e. The number of anilines is 1.